The van der Waals surface area contributed by atoms with Crippen LogP contribution >= 0.6 is 0 Å². The van der Waals surface area contributed by atoms with Gasteiger partial charge in [-0.05, 0) is 0 Å². The van der Waals surface area contributed by atoms with Gasteiger partial charge in [-0.25, -0.2) is 4.79 Å². The van der Waals surface area contributed by atoms with Crippen molar-refractivity contribution in [3.63, 3.8) is 0 Å². The second-order valence-corrected chi connectivity index (χ2v) is 3.04. The van der Waals surface area contributed by atoms with E-state index in [1.54, 1.807) is 0 Å². The van der Waals surface area contributed by atoms with Crippen LogP contribution in [0.4, 0.5) is 0 Å². The normalized spacial score (nSPS) is 11.3. The van der Waals surface area contributed by atoms with Crippen LogP contribution in [-0.2, 0) is 19.2 Å². The average molecular weight is 231 g/mol. The molecule has 5 N–H and O–H groups in total. The second kappa shape index (κ2) is 6.38. The highest BCUT2D eigenvalue weighted by atomic mass is 16.4. The molecule has 0 aromatic rings. The summed E-state index contributed by atoms with van der Waals surface area (Å²) < 4.78 is 0. The first-order valence-electron chi connectivity index (χ1n) is 4.38. The van der Waals surface area contributed by atoms with Crippen LogP contribution < -0.4 is 16.4 Å². The molecule has 0 aliphatic rings. The Morgan fingerprint density at radius 1 is 1.31 bits per heavy atom. The van der Waals surface area contributed by atoms with Crippen molar-refractivity contribution in [2.45, 2.75) is 19.4 Å². The number of hydrogen-bond acceptors (Lipinski definition) is 4. The number of nitrogens with two attached hydrogens (primary N) is 1. The Balaban J connectivity index is 4.18. The quantitative estimate of drug-likeness (QED) is 0.402. The molecule has 1 atom stereocenters. The van der Waals surface area contributed by atoms with E-state index < -0.39 is 36.2 Å². The van der Waals surface area contributed by atoms with Gasteiger partial charge in [0.1, 0.15) is 6.04 Å². The summed E-state index contributed by atoms with van der Waals surface area (Å²) in [5.41, 5.74) is 4.81. The summed E-state index contributed by atoms with van der Waals surface area (Å²) in [6, 6.07) is -1.38. The Bertz CT molecular complexity index is 315. The maximum atomic E-state index is 11.1. The van der Waals surface area contributed by atoms with Crippen molar-refractivity contribution in [1.82, 2.24) is 10.6 Å². The molecule has 0 spiro atoms. The summed E-state index contributed by atoms with van der Waals surface area (Å²) in [4.78, 5) is 42.7. The van der Waals surface area contributed by atoms with Crippen molar-refractivity contribution in [3.05, 3.63) is 0 Å². The van der Waals surface area contributed by atoms with E-state index in [9.17, 15) is 19.2 Å². The van der Waals surface area contributed by atoms with Crippen molar-refractivity contribution < 1.29 is 24.3 Å². The van der Waals surface area contributed by atoms with Gasteiger partial charge in [0, 0.05) is 6.92 Å². The van der Waals surface area contributed by atoms with Crippen LogP contribution in [0, 0.1) is 0 Å². The Morgan fingerprint density at radius 3 is 2.25 bits per heavy atom. The van der Waals surface area contributed by atoms with Gasteiger partial charge in [0.05, 0.1) is 13.0 Å². The van der Waals surface area contributed by atoms with E-state index in [4.69, 9.17) is 10.8 Å². The molecule has 0 rings (SSSR count). The van der Waals surface area contributed by atoms with Gasteiger partial charge in [-0.15, -0.1) is 0 Å². The minimum atomic E-state index is -1.38. The zero-order valence-corrected chi connectivity index (χ0v) is 8.65. The third kappa shape index (κ3) is 6.35. The lowest BCUT2D eigenvalue weighted by atomic mass is 10.2. The van der Waals surface area contributed by atoms with Crippen molar-refractivity contribution in [2.75, 3.05) is 6.54 Å². The predicted molar refractivity (Wildman–Crippen MR) is 52.1 cm³/mol. The van der Waals surface area contributed by atoms with E-state index >= 15 is 0 Å². The standard InChI is InChI=1S/C8H13N3O5/c1-4(12)10-3-7(14)11-5(8(15)16)2-6(9)13/h5H,2-3H2,1H3,(H2,9,13)(H,10,12)(H,11,14)(H,15,16)/t5-/m0/s1. The molecule has 0 bridgehead atoms. The Kier molecular flexibility index (Phi) is 5.53. The van der Waals surface area contributed by atoms with Gasteiger partial charge in [0.2, 0.25) is 17.7 Å². The minimum Gasteiger partial charge on any atom is -0.480 e. The van der Waals surface area contributed by atoms with Crippen LogP contribution in [0.25, 0.3) is 0 Å². The molecule has 0 aliphatic carbocycles. The van der Waals surface area contributed by atoms with Gasteiger partial charge in [0.15, 0.2) is 0 Å². The maximum absolute atomic E-state index is 11.1. The molecule has 90 valence electrons. The zero-order chi connectivity index (χ0) is 12.7. The molecule has 0 fully saturated rings. The highest BCUT2D eigenvalue weighted by Crippen LogP contribution is 1.91. The fourth-order valence-corrected chi connectivity index (χ4v) is 0.851. The zero-order valence-electron chi connectivity index (χ0n) is 8.65. The molecule has 0 aromatic heterocycles. The van der Waals surface area contributed by atoms with E-state index in [2.05, 4.69) is 5.32 Å². The fraction of sp³-hybridized carbons (Fsp3) is 0.500. The first-order chi connectivity index (χ1) is 7.32. The highest BCUT2D eigenvalue weighted by Gasteiger charge is 2.21. The smallest absolute Gasteiger partial charge is 0.326 e. The molecule has 0 aliphatic heterocycles. The first-order valence-corrected chi connectivity index (χ1v) is 4.38. The molecule has 0 heterocycles. The van der Waals surface area contributed by atoms with Crippen molar-refractivity contribution in [3.8, 4) is 0 Å². The second-order valence-electron chi connectivity index (χ2n) is 3.04. The van der Waals surface area contributed by atoms with Crippen LogP contribution in [0.15, 0.2) is 0 Å². The molecular formula is C8H13N3O5. The summed E-state index contributed by atoms with van der Waals surface area (Å²) in [6.07, 6.45) is -0.499. The number of carboxylic acid groups (broad SMARTS) is 1. The summed E-state index contributed by atoms with van der Waals surface area (Å²) in [5.74, 6) is -3.33. The van der Waals surface area contributed by atoms with E-state index in [1.165, 1.54) is 6.92 Å². The van der Waals surface area contributed by atoms with Gasteiger partial charge in [-0.1, -0.05) is 0 Å². The molecular weight excluding hydrogens is 218 g/mol. The molecule has 0 radical (unpaired) electrons. The molecule has 0 saturated carbocycles. The van der Waals surface area contributed by atoms with Crippen LogP contribution in [0.5, 0.6) is 0 Å². The number of carbonyl (C=O) groups is 4. The number of nitrogens with one attached hydrogen (secondary N) is 2. The van der Waals surface area contributed by atoms with Gasteiger partial charge >= 0.3 is 5.97 Å². The van der Waals surface area contributed by atoms with Gasteiger partial charge in [-0.3, -0.25) is 14.4 Å². The van der Waals surface area contributed by atoms with Gasteiger partial charge in [-0.2, -0.15) is 0 Å². The van der Waals surface area contributed by atoms with Crippen molar-refractivity contribution in [2.24, 2.45) is 5.73 Å². The fourth-order valence-electron chi connectivity index (χ4n) is 0.851. The van der Waals surface area contributed by atoms with Crippen LogP contribution in [0.3, 0.4) is 0 Å². The van der Waals surface area contributed by atoms with Gasteiger partial charge < -0.3 is 21.5 Å². The topological polar surface area (TPSA) is 139 Å². The van der Waals surface area contributed by atoms with E-state index in [-0.39, 0.29) is 6.54 Å². The number of carboxylic acids is 1. The lowest BCUT2D eigenvalue weighted by Gasteiger charge is -2.12. The molecule has 0 unspecified atom stereocenters. The number of amides is 3. The maximum Gasteiger partial charge on any atom is 0.326 e. The van der Waals surface area contributed by atoms with Gasteiger partial charge in [0.25, 0.3) is 0 Å². The highest BCUT2D eigenvalue weighted by molar-refractivity contribution is 5.90. The Morgan fingerprint density at radius 2 is 1.88 bits per heavy atom. The van der Waals surface area contributed by atoms with Crippen LogP contribution in [-0.4, -0.2) is 41.4 Å². The SMILES string of the molecule is CC(=O)NCC(=O)N[C@@H](CC(N)=O)C(=O)O. The number of rotatable bonds is 6. The monoisotopic (exact) mass is 231 g/mol. The van der Waals surface area contributed by atoms with Crippen molar-refractivity contribution in [1.29, 1.82) is 0 Å². The minimum absolute atomic E-state index is 0.349. The predicted octanol–water partition coefficient (Wildman–Crippen LogP) is -2.43. The van der Waals surface area contributed by atoms with Crippen LogP contribution in [0.2, 0.25) is 0 Å². The largest absolute Gasteiger partial charge is 0.480 e. The average Bonchev–Trinajstić information content (AvgIpc) is 2.12. The van der Waals surface area contributed by atoms with Crippen LogP contribution in [0.1, 0.15) is 13.3 Å². The van der Waals surface area contributed by atoms with E-state index in [1.807, 2.05) is 5.32 Å². The summed E-state index contributed by atoms with van der Waals surface area (Å²) in [6.45, 7) is 0.864. The van der Waals surface area contributed by atoms with Crippen molar-refractivity contribution >= 4 is 23.7 Å². The Labute approximate surface area is 91.2 Å². The number of primary amides is 1. The first kappa shape index (κ1) is 13.9. The molecule has 8 nitrogen and oxygen atoms in total. The van der Waals surface area contributed by atoms with E-state index in [0.717, 1.165) is 0 Å². The third-order valence-corrected chi connectivity index (χ3v) is 1.54. The van der Waals surface area contributed by atoms with E-state index in [0.29, 0.717) is 0 Å². The third-order valence-electron chi connectivity index (χ3n) is 1.54. The summed E-state index contributed by atoms with van der Waals surface area (Å²) in [7, 11) is 0. The molecule has 0 saturated heterocycles. The molecule has 8 heteroatoms. The number of hydrogen-bond donors (Lipinski definition) is 4. The number of aliphatic carboxylic acids is 1. The lowest BCUT2D eigenvalue weighted by molar-refractivity contribution is -0.143. The molecule has 16 heavy (non-hydrogen) atoms. The Hall–Kier alpha value is -2.12. The molecule has 3 amide bonds. The number of carbonyl (C=O) groups excluding carboxylic acids is 3. The summed E-state index contributed by atoms with van der Waals surface area (Å²) >= 11 is 0. The molecule has 0 aromatic carbocycles. The summed E-state index contributed by atoms with van der Waals surface area (Å²) in [5, 5.41) is 12.9. The lowest BCUT2D eigenvalue weighted by Crippen LogP contribution is -2.46.